The Kier molecular flexibility index (Phi) is 11.3. The Labute approximate surface area is 195 Å². The van der Waals surface area contributed by atoms with E-state index in [0.29, 0.717) is 13.2 Å². The highest BCUT2D eigenvalue weighted by molar-refractivity contribution is 5.86. The van der Waals surface area contributed by atoms with E-state index in [1.165, 1.54) is 12.0 Å². The van der Waals surface area contributed by atoms with Gasteiger partial charge in [-0.3, -0.25) is 0 Å². The summed E-state index contributed by atoms with van der Waals surface area (Å²) in [5.41, 5.74) is 5.21. The zero-order valence-corrected chi connectivity index (χ0v) is 20.5. The molecule has 0 spiro atoms. The van der Waals surface area contributed by atoms with Crippen molar-refractivity contribution in [1.82, 2.24) is 0 Å². The number of allylic oxidation sites excluding steroid dienone is 6. The van der Waals surface area contributed by atoms with Gasteiger partial charge in [0.15, 0.2) is 0 Å². The second kappa shape index (κ2) is 14.0. The van der Waals surface area contributed by atoms with Crippen LogP contribution < -0.4 is 4.90 Å². The first-order chi connectivity index (χ1) is 15.4. The maximum Gasteiger partial charge on any atom is 0.129 e. The minimum absolute atomic E-state index is 0.107. The molecule has 1 atom stereocenters. The summed E-state index contributed by atoms with van der Waals surface area (Å²) in [6, 6.07) is 6.48. The van der Waals surface area contributed by atoms with E-state index in [4.69, 9.17) is 14.2 Å². The predicted octanol–water partition coefficient (Wildman–Crippen LogP) is 6.82. The Morgan fingerprint density at radius 1 is 1.22 bits per heavy atom. The molecule has 0 radical (unpaired) electrons. The van der Waals surface area contributed by atoms with Gasteiger partial charge in [0.1, 0.15) is 12.8 Å². The normalized spacial score (nSPS) is 16.9. The van der Waals surface area contributed by atoms with Gasteiger partial charge in [-0.2, -0.15) is 0 Å². The first kappa shape index (κ1) is 26.0. The zero-order valence-electron chi connectivity index (χ0n) is 20.5. The lowest BCUT2D eigenvalue weighted by atomic mass is 9.96. The molecule has 0 aliphatic carbocycles. The van der Waals surface area contributed by atoms with Crippen molar-refractivity contribution in [2.75, 3.05) is 38.4 Å². The first-order valence-corrected chi connectivity index (χ1v) is 11.8. The van der Waals surface area contributed by atoms with Gasteiger partial charge in [0.05, 0.1) is 12.4 Å². The van der Waals surface area contributed by atoms with E-state index in [1.807, 2.05) is 25.2 Å². The van der Waals surface area contributed by atoms with Gasteiger partial charge in [0.2, 0.25) is 0 Å². The predicted molar refractivity (Wildman–Crippen MR) is 136 cm³/mol. The maximum absolute atomic E-state index is 6.00. The summed E-state index contributed by atoms with van der Waals surface area (Å²) in [4.78, 5) is 2.23. The number of hydrogen-bond acceptors (Lipinski definition) is 4. The summed E-state index contributed by atoms with van der Waals surface area (Å²) < 4.78 is 17.2. The minimum atomic E-state index is 0.107. The molecule has 4 nitrogen and oxygen atoms in total. The Balaban J connectivity index is 1.98. The largest absolute Gasteiger partial charge is 0.496 e. The monoisotopic (exact) mass is 439 g/mol. The summed E-state index contributed by atoms with van der Waals surface area (Å²) in [6.07, 6.45) is 11.6. The smallest absolute Gasteiger partial charge is 0.129 e. The molecule has 1 fully saturated rings. The van der Waals surface area contributed by atoms with Crippen molar-refractivity contribution in [1.29, 1.82) is 0 Å². The molecule has 0 amide bonds. The van der Waals surface area contributed by atoms with Gasteiger partial charge >= 0.3 is 0 Å². The topological polar surface area (TPSA) is 30.9 Å². The molecule has 4 heteroatoms. The Bertz CT molecular complexity index is 803. The summed E-state index contributed by atoms with van der Waals surface area (Å²) in [6.45, 7) is 17.6. The van der Waals surface area contributed by atoms with Gasteiger partial charge in [-0.05, 0) is 68.9 Å². The lowest BCUT2D eigenvalue weighted by Gasteiger charge is -2.34. The third kappa shape index (κ3) is 8.33. The second-order valence-corrected chi connectivity index (χ2v) is 8.41. The third-order valence-corrected chi connectivity index (χ3v) is 5.66. The second-order valence-electron chi connectivity index (χ2n) is 8.41. The molecule has 1 aromatic carbocycles. The summed E-state index contributed by atoms with van der Waals surface area (Å²) >= 11 is 0. The fraction of sp³-hybridized carbons (Fsp3) is 0.500. The molecule has 0 saturated carbocycles. The molecule has 1 unspecified atom stereocenters. The van der Waals surface area contributed by atoms with Crippen LogP contribution in [0.1, 0.15) is 57.1 Å². The van der Waals surface area contributed by atoms with Crippen molar-refractivity contribution in [3.8, 4) is 0 Å². The summed E-state index contributed by atoms with van der Waals surface area (Å²) in [5.74, 6) is 0.851. The quantitative estimate of drug-likeness (QED) is 0.192. The first-order valence-electron chi connectivity index (χ1n) is 11.8. The molecule has 1 aliphatic heterocycles. The highest BCUT2D eigenvalue weighted by Gasteiger charge is 2.21. The van der Waals surface area contributed by atoms with Crippen molar-refractivity contribution >= 4 is 11.3 Å². The van der Waals surface area contributed by atoms with Gasteiger partial charge in [0, 0.05) is 31.5 Å². The lowest BCUT2D eigenvalue weighted by Crippen LogP contribution is -2.37. The zero-order chi connectivity index (χ0) is 23.3. The van der Waals surface area contributed by atoms with Crippen LogP contribution in [0.25, 0.3) is 5.57 Å². The van der Waals surface area contributed by atoms with E-state index < -0.39 is 0 Å². The van der Waals surface area contributed by atoms with Gasteiger partial charge in [0.25, 0.3) is 0 Å². The molecule has 32 heavy (non-hydrogen) atoms. The number of anilines is 1. The molecular weight excluding hydrogens is 398 g/mol. The number of nitrogens with zero attached hydrogens (tertiary/aromatic N) is 1. The summed E-state index contributed by atoms with van der Waals surface area (Å²) in [7, 11) is 2.10. The molecule has 1 aromatic rings. The van der Waals surface area contributed by atoms with E-state index in [-0.39, 0.29) is 6.23 Å². The van der Waals surface area contributed by atoms with Crippen LogP contribution in [0.15, 0.2) is 60.9 Å². The van der Waals surface area contributed by atoms with Crippen LogP contribution in [0.5, 0.6) is 0 Å². The Morgan fingerprint density at radius 3 is 2.75 bits per heavy atom. The number of aryl methyl sites for hydroxylation is 1. The molecule has 2 rings (SSSR count). The fourth-order valence-electron chi connectivity index (χ4n) is 3.61. The van der Waals surface area contributed by atoms with E-state index in [2.05, 4.69) is 57.2 Å². The van der Waals surface area contributed by atoms with E-state index >= 15 is 0 Å². The van der Waals surface area contributed by atoms with Crippen LogP contribution >= 0.6 is 0 Å². The Hall–Kier alpha value is -2.30. The molecule has 0 N–H and O–H groups in total. The molecule has 0 bridgehead atoms. The molecular formula is C28H41NO3. The van der Waals surface area contributed by atoms with Crippen molar-refractivity contribution in [2.24, 2.45) is 0 Å². The number of benzene rings is 1. The summed E-state index contributed by atoms with van der Waals surface area (Å²) in [5, 5.41) is 0. The van der Waals surface area contributed by atoms with E-state index in [9.17, 15) is 0 Å². The van der Waals surface area contributed by atoms with Crippen LogP contribution in [0.2, 0.25) is 0 Å². The Morgan fingerprint density at radius 2 is 2.03 bits per heavy atom. The van der Waals surface area contributed by atoms with Crippen LogP contribution in [-0.2, 0) is 14.2 Å². The standard InChI is InChI=1S/C28H41NO3/c1-7-8-17-30-19-20-31-24(4)13-11-12-23(3)25(5)26-21-22(2)15-16-27(26)29(6)28-14-9-10-18-32-28/h11-13,15-16,21,28H,3,5,7-10,14,17-20H2,1-2,4,6H3/b12-11-,24-13+. The van der Waals surface area contributed by atoms with Crippen LogP contribution in [0.3, 0.4) is 0 Å². The van der Waals surface area contributed by atoms with E-state index in [0.717, 1.165) is 67.1 Å². The molecule has 1 saturated heterocycles. The van der Waals surface area contributed by atoms with Gasteiger partial charge in [-0.1, -0.05) is 50.3 Å². The fourth-order valence-corrected chi connectivity index (χ4v) is 3.61. The van der Waals surface area contributed by atoms with Crippen molar-refractivity contribution < 1.29 is 14.2 Å². The average Bonchev–Trinajstić information content (AvgIpc) is 2.80. The third-order valence-electron chi connectivity index (χ3n) is 5.66. The van der Waals surface area contributed by atoms with Gasteiger partial charge < -0.3 is 19.1 Å². The minimum Gasteiger partial charge on any atom is -0.496 e. The average molecular weight is 440 g/mol. The molecule has 1 heterocycles. The number of ether oxygens (including phenoxy) is 3. The van der Waals surface area contributed by atoms with Crippen molar-refractivity contribution in [3.63, 3.8) is 0 Å². The highest BCUT2D eigenvalue weighted by atomic mass is 16.5. The van der Waals surface area contributed by atoms with Crippen molar-refractivity contribution in [3.05, 3.63) is 72.0 Å². The van der Waals surface area contributed by atoms with Crippen LogP contribution in [0, 0.1) is 6.92 Å². The molecule has 176 valence electrons. The van der Waals surface area contributed by atoms with Crippen molar-refractivity contribution in [2.45, 2.75) is 59.1 Å². The van der Waals surface area contributed by atoms with Gasteiger partial charge in [-0.15, -0.1) is 0 Å². The molecule has 0 aromatic heterocycles. The highest BCUT2D eigenvalue weighted by Crippen LogP contribution is 2.33. The van der Waals surface area contributed by atoms with Gasteiger partial charge in [-0.25, -0.2) is 0 Å². The number of hydrogen-bond donors (Lipinski definition) is 0. The van der Waals surface area contributed by atoms with Crippen LogP contribution in [-0.4, -0.2) is 39.7 Å². The maximum atomic E-state index is 6.00. The lowest BCUT2D eigenvalue weighted by molar-refractivity contribution is 0.0174. The van der Waals surface area contributed by atoms with Crippen LogP contribution in [0.4, 0.5) is 5.69 Å². The molecule has 1 aliphatic rings. The van der Waals surface area contributed by atoms with E-state index in [1.54, 1.807) is 0 Å². The number of rotatable bonds is 13. The SMILES string of the molecule is C=C(/C=C\C=C(/C)OCCOCCCC)C(=C)c1cc(C)ccc1N(C)C1CCCCO1. The number of unbranched alkanes of at least 4 members (excludes halogenated alkanes) is 1.